The SMILES string of the molecule is COc1cc(C)c(/C(O)=C2\C(=O)C(=O)N(c3nc4ccccc4[nH]3)C2c2cccs2)cc1C(C)C. The van der Waals surface area contributed by atoms with Crippen molar-refractivity contribution in [3.05, 3.63) is 81.1 Å². The van der Waals surface area contributed by atoms with Gasteiger partial charge in [-0.3, -0.25) is 14.5 Å². The lowest BCUT2D eigenvalue weighted by atomic mass is 9.92. The highest BCUT2D eigenvalue weighted by Gasteiger charge is 2.48. The van der Waals surface area contributed by atoms with Crippen LogP contribution in [0.4, 0.5) is 5.95 Å². The van der Waals surface area contributed by atoms with Gasteiger partial charge in [0.2, 0.25) is 5.95 Å². The van der Waals surface area contributed by atoms with Crippen LogP contribution in [0.2, 0.25) is 0 Å². The number of para-hydroxylation sites is 2. The summed E-state index contributed by atoms with van der Waals surface area (Å²) in [4.78, 5) is 36.6. The molecule has 0 radical (unpaired) electrons. The molecule has 5 rings (SSSR count). The Morgan fingerprint density at radius 3 is 2.60 bits per heavy atom. The van der Waals surface area contributed by atoms with Crippen molar-refractivity contribution in [1.29, 1.82) is 0 Å². The molecule has 35 heavy (non-hydrogen) atoms. The van der Waals surface area contributed by atoms with Crippen LogP contribution in [0.3, 0.4) is 0 Å². The maximum Gasteiger partial charge on any atom is 0.302 e. The van der Waals surface area contributed by atoms with Gasteiger partial charge in [0.15, 0.2) is 0 Å². The molecule has 0 aliphatic carbocycles. The van der Waals surface area contributed by atoms with E-state index in [-0.39, 0.29) is 23.2 Å². The molecule has 1 atom stereocenters. The predicted molar refractivity (Wildman–Crippen MR) is 137 cm³/mol. The average Bonchev–Trinajstić information content (AvgIpc) is 3.56. The van der Waals surface area contributed by atoms with E-state index in [9.17, 15) is 14.7 Å². The number of H-pyrrole nitrogens is 1. The van der Waals surface area contributed by atoms with Crippen LogP contribution in [0.25, 0.3) is 16.8 Å². The average molecular weight is 488 g/mol. The third-order valence-corrected chi connectivity index (χ3v) is 7.24. The van der Waals surface area contributed by atoms with Crippen LogP contribution in [0.1, 0.15) is 47.4 Å². The highest BCUT2D eigenvalue weighted by molar-refractivity contribution is 7.10. The minimum Gasteiger partial charge on any atom is -0.507 e. The molecule has 0 saturated carbocycles. The number of benzene rings is 2. The van der Waals surface area contributed by atoms with Crippen LogP contribution in [0.5, 0.6) is 5.75 Å². The lowest BCUT2D eigenvalue weighted by molar-refractivity contribution is -0.132. The zero-order valence-electron chi connectivity index (χ0n) is 19.8. The largest absolute Gasteiger partial charge is 0.507 e. The molecule has 2 aromatic carbocycles. The van der Waals surface area contributed by atoms with Crippen LogP contribution in [-0.4, -0.2) is 33.9 Å². The van der Waals surface area contributed by atoms with E-state index in [1.54, 1.807) is 7.11 Å². The number of aliphatic hydroxyl groups is 1. The Bertz CT molecular complexity index is 1450. The van der Waals surface area contributed by atoms with Gasteiger partial charge in [-0.15, -0.1) is 11.3 Å². The number of hydrogen-bond donors (Lipinski definition) is 2. The van der Waals surface area contributed by atoms with Crippen molar-refractivity contribution >= 4 is 45.8 Å². The van der Waals surface area contributed by atoms with Gasteiger partial charge in [-0.2, -0.15) is 0 Å². The molecule has 1 fully saturated rings. The van der Waals surface area contributed by atoms with E-state index in [4.69, 9.17) is 4.74 Å². The summed E-state index contributed by atoms with van der Waals surface area (Å²) < 4.78 is 5.53. The molecule has 0 spiro atoms. The van der Waals surface area contributed by atoms with E-state index in [0.717, 1.165) is 21.5 Å². The van der Waals surface area contributed by atoms with Gasteiger partial charge >= 0.3 is 5.91 Å². The number of aromatic amines is 1. The number of aryl methyl sites for hydroxylation is 1. The number of imidazole rings is 1. The second-order valence-corrected chi connectivity index (χ2v) is 9.81. The predicted octanol–water partition coefficient (Wildman–Crippen LogP) is 5.69. The monoisotopic (exact) mass is 487 g/mol. The molecule has 4 aromatic rings. The second kappa shape index (κ2) is 8.70. The molecule has 178 valence electrons. The van der Waals surface area contributed by atoms with Crippen molar-refractivity contribution in [2.75, 3.05) is 12.0 Å². The third-order valence-electron chi connectivity index (χ3n) is 6.32. The van der Waals surface area contributed by atoms with Gasteiger partial charge in [0, 0.05) is 10.4 Å². The first-order chi connectivity index (χ1) is 16.8. The first-order valence-corrected chi connectivity index (χ1v) is 12.2. The van der Waals surface area contributed by atoms with Crippen LogP contribution in [0.15, 0.2) is 59.5 Å². The van der Waals surface area contributed by atoms with E-state index in [1.807, 2.05) is 74.7 Å². The molecule has 1 unspecified atom stereocenters. The molecule has 7 nitrogen and oxygen atoms in total. The molecule has 1 aliphatic heterocycles. The zero-order valence-corrected chi connectivity index (χ0v) is 20.6. The van der Waals surface area contributed by atoms with Crippen molar-refractivity contribution in [2.45, 2.75) is 32.7 Å². The number of thiophene rings is 1. The van der Waals surface area contributed by atoms with E-state index in [0.29, 0.717) is 16.8 Å². The number of anilines is 1. The highest BCUT2D eigenvalue weighted by Crippen LogP contribution is 2.44. The number of carbonyl (C=O) groups excluding carboxylic acids is 2. The van der Waals surface area contributed by atoms with E-state index >= 15 is 0 Å². The summed E-state index contributed by atoms with van der Waals surface area (Å²) in [6.45, 7) is 5.91. The van der Waals surface area contributed by atoms with Crippen molar-refractivity contribution in [2.24, 2.45) is 0 Å². The molecular weight excluding hydrogens is 462 g/mol. The molecule has 1 aliphatic rings. The van der Waals surface area contributed by atoms with Gasteiger partial charge in [-0.1, -0.05) is 32.0 Å². The smallest absolute Gasteiger partial charge is 0.302 e. The Morgan fingerprint density at radius 1 is 1.17 bits per heavy atom. The lowest BCUT2D eigenvalue weighted by Crippen LogP contribution is -2.30. The van der Waals surface area contributed by atoms with Crippen LogP contribution in [-0.2, 0) is 9.59 Å². The number of methoxy groups -OCH3 is 1. The van der Waals surface area contributed by atoms with Crippen LogP contribution in [0, 0.1) is 6.92 Å². The Morgan fingerprint density at radius 2 is 1.94 bits per heavy atom. The maximum absolute atomic E-state index is 13.4. The van der Waals surface area contributed by atoms with E-state index in [1.165, 1.54) is 16.2 Å². The Balaban J connectivity index is 1.73. The van der Waals surface area contributed by atoms with Gasteiger partial charge in [0.1, 0.15) is 17.6 Å². The minimum atomic E-state index is -0.806. The number of Topliss-reactive ketones (excluding diaryl/α,β-unsaturated/α-hetero) is 1. The number of nitrogens with one attached hydrogen (secondary N) is 1. The first kappa shape index (κ1) is 22.9. The number of aliphatic hydroxyl groups excluding tert-OH is 1. The fraction of sp³-hybridized carbons (Fsp3) is 0.222. The van der Waals surface area contributed by atoms with Gasteiger partial charge in [0.05, 0.1) is 23.7 Å². The summed E-state index contributed by atoms with van der Waals surface area (Å²) in [6.07, 6.45) is 0. The number of hydrogen-bond acceptors (Lipinski definition) is 6. The standard InChI is InChI=1S/C27H25N3O4S/c1-14(2)16-13-17(15(3)12-20(16)34-4)24(31)22-23(21-10-7-11-35-21)30(26(33)25(22)32)27-28-18-8-5-6-9-19(18)29-27/h5-14,23,31H,1-4H3,(H,28,29)/b24-22+. The summed E-state index contributed by atoms with van der Waals surface area (Å²) in [5, 5.41) is 13.4. The van der Waals surface area contributed by atoms with Crippen molar-refractivity contribution in [3.8, 4) is 5.75 Å². The van der Waals surface area contributed by atoms with Crippen LogP contribution >= 0.6 is 11.3 Å². The number of fused-ring (bicyclic) bond motifs is 1. The Kier molecular flexibility index (Phi) is 5.68. The Labute approximate surface area is 206 Å². The molecule has 8 heteroatoms. The Hall–Kier alpha value is -3.91. The first-order valence-electron chi connectivity index (χ1n) is 11.3. The van der Waals surface area contributed by atoms with Crippen LogP contribution < -0.4 is 9.64 Å². The number of ether oxygens (including phenoxy) is 1. The zero-order chi connectivity index (χ0) is 24.9. The van der Waals surface area contributed by atoms with E-state index in [2.05, 4.69) is 9.97 Å². The second-order valence-electron chi connectivity index (χ2n) is 8.83. The minimum absolute atomic E-state index is 0.0425. The van der Waals surface area contributed by atoms with Gasteiger partial charge in [-0.25, -0.2) is 4.98 Å². The highest BCUT2D eigenvalue weighted by atomic mass is 32.1. The van der Waals surface area contributed by atoms with E-state index < -0.39 is 17.7 Å². The fourth-order valence-electron chi connectivity index (χ4n) is 4.55. The molecule has 1 amide bonds. The summed E-state index contributed by atoms with van der Waals surface area (Å²) in [5.74, 6) is -0.584. The lowest BCUT2D eigenvalue weighted by Gasteiger charge is -2.22. The summed E-state index contributed by atoms with van der Waals surface area (Å²) in [7, 11) is 1.61. The van der Waals surface area contributed by atoms with Gasteiger partial charge in [-0.05, 0) is 59.7 Å². The third kappa shape index (κ3) is 3.70. The quantitative estimate of drug-likeness (QED) is 0.214. The number of nitrogens with zero attached hydrogens (tertiary/aromatic N) is 2. The van der Waals surface area contributed by atoms with Gasteiger partial charge < -0.3 is 14.8 Å². The molecule has 2 aromatic heterocycles. The summed E-state index contributed by atoms with van der Waals surface area (Å²) in [5.41, 5.74) is 3.62. The van der Waals surface area contributed by atoms with Crippen molar-refractivity contribution < 1.29 is 19.4 Å². The normalized spacial score (nSPS) is 17.6. The molecule has 2 N–H and O–H groups in total. The number of aromatic nitrogens is 2. The molecule has 1 saturated heterocycles. The maximum atomic E-state index is 13.4. The topological polar surface area (TPSA) is 95.5 Å². The number of ketones is 1. The molecule has 3 heterocycles. The number of amides is 1. The van der Waals surface area contributed by atoms with Crippen molar-refractivity contribution in [3.63, 3.8) is 0 Å². The fourth-order valence-corrected chi connectivity index (χ4v) is 5.37. The molecular formula is C27H25N3O4S. The number of rotatable bonds is 5. The van der Waals surface area contributed by atoms with Gasteiger partial charge in [0.25, 0.3) is 5.78 Å². The number of carbonyl (C=O) groups is 2. The molecule has 0 bridgehead atoms. The summed E-state index contributed by atoms with van der Waals surface area (Å²) in [6, 6.07) is 14.0. The van der Waals surface area contributed by atoms with Crippen molar-refractivity contribution in [1.82, 2.24) is 9.97 Å². The summed E-state index contributed by atoms with van der Waals surface area (Å²) >= 11 is 1.41.